The number of rotatable bonds is 4. The molecule has 1 aromatic rings. The first-order chi connectivity index (χ1) is 10.1. The lowest BCUT2D eigenvalue weighted by molar-refractivity contribution is -0.136. The third kappa shape index (κ3) is 4.61. The number of amides is 2. The Kier molecular flexibility index (Phi) is 5.88. The predicted molar refractivity (Wildman–Crippen MR) is 84.7 cm³/mol. The molecule has 0 bridgehead atoms. The van der Waals surface area contributed by atoms with Gasteiger partial charge in [0.05, 0.1) is 15.7 Å². The number of benzene rings is 1. The predicted octanol–water partition coefficient (Wildman–Crippen LogP) is 3.63. The zero-order valence-corrected chi connectivity index (χ0v) is 13.1. The van der Waals surface area contributed by atoms with E-state index in [-0.39, 0.29) is 5.02 Å². The third-order valence-electron chi connectivity index (χ3n) is 3.72. The van der Waals surface area contributed by atoms with Crippen LogP contribution in [0.5, 0.6) is 0 Å². The molecule has 0 atom stereocenters. The maximum atomic E-state index is 11.8. The van der Waals surface area contributed by atoms with E-state index in [9.17, 15) is 9.59 Å². The average Bonchev–Trinajstić information content (AvgIpc) is 2.97. The van der Waals surface area contributed by atoms with Crippen molar-refractivity contribution in [1.29, 1.82) is 0 Å². The van der Waals surface area contributed by atoms with Gasteiger partial charge in [-0.05, 0) is 24.5 Å². The van der Waals surface area contributed by atoms with Crippen LogP contribution in [-0.4, -0.2) is 18.4 Å². The highest BCUT2D eigenvalue weighted by Crippen LogP contribution is 2.29. The van der Waals surface area contributed by atoms with Gasteiger partial charge in [0.15, 0.2) is 0 Å². The summed E-state index contributed by atoms with van der Waals surface area (Å²) in [7, 11) is 0. The Bertz CT molecular complexity index is 528. The molecule has 1 fully saturated rings. The summed E-state index contributed by atoms with van der Waals surface area (Å²) in [6, 6.07) is 4.86. The van der Waals surface area contributed by atoms with Crippen LogP contribution in [0.4, 0.5) is 5.69 Å². The molecule has 0 radical (unpaired) electrons. The van der Waals surface area contributed by atoms with E-state index >= 15 is 0 Å². The van der Waals surface area contributed by atoms with Crippen molar-refractivity contribution < 1.29 is 9.59 Å². The molecular formula is C15H18Cl2N2O2. The third-order valence-corrected chi connectivity index (χ3v) is 4.54. The number of hydrogen-bond acceptors (Lipinski definition) is 2. The summed E-state index contributed by atoms with van der Waals surface area (Å²) in [5.41, 5.74) is 0.333. The van der Waals surface area contributed by atoms with Crippen LogP contribution in [0.2, 0.25) is 10.0 Å². The minimum absolute atomic E-state index is 0.228. The first-order valence-corrected chi connectivity index (χ1v) is 7.86. The molecule has 1 saturated carbocycles. The molecule has 2 rings (SSSR count). The largest absolute Gasteiger partial charge is 0.348 e. The molecule has 0 saturated heterocycles. The molecule has 4 nitrogen and oxygen atoms in total. The highest BCUT2D eigenvalue weighted by molar-refractivity contribution is 6.45. The summed E-state index contributed by atoms with van der Waals surface area (Å²) in [6.07, 6.45) is 5.91. The van der Waals surface area contributed by atoms with Crippen LogP contribution in [0.15, 0.2) is 18.2 Å². The lowest BCUT2D eigenvalue weighted by Gasteiger charge is -2.10. The van der Waals surface area contributed by atoms with Crippen molar-refractivity contribution in [1.82, 2.24) is 5.32 Å². The van der Waals surface area contributed by atoms with Crippen molar-refractivity contribution in [3.63, 3.8) is 0 Å². The van der Waals surface area contributed by atoms with Crippen molar-refractivity contribution in [2.75, 3.05) is 11.9 Å². The first kappa shape index (κ1) is 16.1. The van der Waals surface area contributed by atoms with Gasteiger partial charge >= 0.3 is 11.8 Å². The van der Waals surface area contributed by atoms with E-state index < -0.39 is 11.8 Å². The van der Waals surface area contributed by atoms with Crippen molar-refractivity contribution in [2.45, 2.75) is 32.1 Å². The molecule has 0 unspecified atom stereocenters. The van der Waals surface area contributed by atoms with Gasteiger partial charge in [-0.1, -0.05) is 55.0 Å². The van der Waals surface area contributed by atoms with Crippen molar-refractivity contribution in [3.05, 3.63) is 28.2 Å². The van der Waals surface area contributed by atoms with E-state index in [1.807, 2.05) is 0 Å². The number of anilines is 1. The molecule has 0 aliphatic heterocycles. The SMILES string of the molecule is O=C(NCCC1CCCC1)C(=O)Nc1cccc(Cl)c1Cl. The smallest absolute Gasteiger partial charge is 0.313 e. The van der Waals surface area contributed by atoms with E-state index in [4.69, 9.17) is 23.2 Å². The summed E-state index contributed by atoms with van der Waals surface area (Å²) in [6.45, 7) is 0.528. The van der Waals surface area contributed by atoms with E-state index in [0.29, 0.717) is 23.2 Å². The fraction of sp³-hybridized carbons (Fsp3) is 0.467. The standard InChI is InChI=1S/C15H18Cl2N2O2/c16-11-6-3-7-12(13(11)17)19-15(21)14(20)18-9-8-10-4-1-2-5-10/h3,6-7,10H,1-2,4-5,8-9H2,(H,18,20)(H,19,21). The fourth-order valence-electron chi connectivity index (χ4n) is 2.55. The fourth-order valence-corrected chi connectivity index (χ4v) is 2.90. The molecule has 0 spiro atoms. The molecule has 2 amide bonds. The molecule has 114 valence electrons. The summed E-state index contributed by atoms with van der Waals surface area (Å²) >= 11 is 11.8. The van der Waals surface area contributed by atoms with Crippen LogP contribution in [0.25, 0.3) is 0 Å². The zero-order valence-electron chi connectivity index (χ0n) is 11.6. The summed E-state index contributed by atoms with van der Waals surface area (Å²) in [4.78, 5) is 23.5. The van der Waals surface area contributed by atoms with Crippen LogP contribution >= 0.6 is 23.2 Å². The summed E-state index contributed by atoms with van der Waals surface area (Å²) in [5, 5.41) is 5.66. The van der Waals surface area contributed by atoms with Crippen LogP contribution in [-0.2, 0) is 9.59 Å². The van der Waals surface area contributed by atoms with Gasteiger partial charge in [-0.3, -0.25) is 9.59 Å². The van der Waals surface area contributed by atoms with E-state index in [1.54, 1.807) is 18.2 Å². The van der Waals surface area contributed by atoms with Crippen LogP contribution in [0.1, 0.15) is 32.1 Å². The summed E-state index contributed by atoms with van der Waals surface area (Å²) in [5.74, 6) is -0.703. The van der Waals surface area contributed by atoms with E-state index in [1.165, 1.54) is 25.7 Å². The van der Waals surface area contributed by atoms with Gasteiger partial charge in [0.2, 0.25) is 0 Å². The monoisotopic (exact) mass is 328 g/mol. The second-order valence-corrected chi connectivity index (χ2v) is 6.04. The Morgan fingerprint density at radius 1 is 1.14 bits per heavy atom. The lowest BCUT2D eigenvalue weighted by atomic mass is 10.0. The highest BCUT2D eigenvalue weighted by atomic mass is 35.5. The zero-order chi connectivity index (χ0) is 15.2. The van der Waals surface area contributed by atoms with Crippen LogP contribution in [0, 0.1) is 5.92 Å². The Morgan fingerprint density at radius 2 is 1.86 bits per heavy atom. The number of carbonyl (C=O) groups is 2. The van der Waals surface area contributed by atoms with Crippen molar-refractivity contribution >= 4 is 40.7 Å². The molecule has 21 heavy (non-hydrogen) atoms. The lowest BCUT2D eigenvalue weighted by Crippen LogP contribution is -2.36. The second kappa shape index (κ2) is 7.66. The van der Waals surface area contributed by atoms with Gasteiger partial charge in [0.25, 0.3) is 0 Å². The minimum atomic E-state index is -0.731. The second-order valence-electron chi connectivity index (χ2n) is 5.25. The number of hydrogen-bond donors (Lipinski definition) is 2. The number of halogens is 2. The van der Waals surface area contributed by atoms with Gasteiger partial charge in [0, 0.05) is 6.54 Å². The Morgan fingerprint density at radius 3 is 2.57 bits per heavy atom. The topological polar surface area (TPSA) is 58.2 Å². The average molecular weight is 329 g/mol. The van der Waals surface area contributed by atoms with Gasteiger partial charge < -0.3 is 10.6 Å². The molecular weight excluding hydrogens is 311 g/mol. The van der Waals surface area contributed by atoms with Gasteiger partial charge in [-0.2, -0.15) is 0 Å². The molecule has 0 aromatic heterocycles. The molecule has 1 aliphatic rings. The molecule has 6 heteroatoms. The van der Waals surface area contributed by atoms with Crippen LogP contribution < -0.4 is 10.6 Å². The first-order valence-electron chi connectivity index (χ1n) is 7.11. The quantitative estimate of drug-likeness (QED) is 0.829. The maximum Gasteiger partial charge on any atom is 0.313 e. The Balaban J connectivity index is 1.79. The molecule has 0 heterocycles. The Labute approximate surface area is 134 Å². The highest BCUT2D eigenvalue weighted by Gasteiger charge is 2.18. The Hall–Kier alpha value is -1.26. The normalized spacial score (nSPS) is 15.0. The van der Waals surface area contributed by atoms with E-state index in [0.717, 1.165) is 6.42 Å². The molecule has 1 aromatic carbocycles. The van der Waals surface area contributed by atoms with Gasteiger partial charge in [-0.15, -0.1) is 0 Å². The molecule has 2 N–H and O–H groups in total. The van der Waals surface area contributed by atoms with Gasteiger partial charge in [0.1, 0.15) is 0 Å². The number of nitrogens with one attached hydrogen (secondary N) is 2. The van der Waals surface area contributed by atoms with Gasteiger partial charge in [-0.25, -0.2) is 0 Å². The maximum absolute atomic E-state index is 11.8. The minimum Gasteiger partial charge on any atom is -0.348 e. The molecule has 1 aliphatic carbocycles. The van der Waals surface area contributed by atoms with Crippen molar-refractivity contribution in [2.24, 2.45) is 5.92 Å². The van der Waals surface area contributed by atoms with E-state index in [2.05, 4.69) is 10.6 Å². The number of carbonyl (C=O) groups excluding carboxylic acids is 2. The van der Waals surface area contributed by atoms with Crippen LogP contribution in [0.3, 0.4) is 0 Å². The summed E-state index contributed by atoms with van der Waals surface area (Å²) < 4.78 is 0. The van der Waals surface area contributed by atoms with Crippen molar-refractivity contribution in [3.8, 4) is 0 Å².